The maximum Gasteiger partial charge on any atom is 0.224 e. The molecule has 2 aromatic rings. The van der Waals surface area contributed by atoms with Gasteiger partial charge in [0.15, 0.2) is 5.12 Å². The maximum atomic E-state index is 12.0. The number of nitrogens with zero attached hydrogens (tertiary/aromatic N) is 3. The topological polar surface area (TPSA) is 54.7 Å². The monoisotopic (exact) mass is 289 g/mol. The van der Waals surface area contributed by atoms with Crippen molar-refractivity contribution in [2.45, 2.75) is 25.1 Å². The van der Waals surface area contributed by atoms with Gasteiger partial charge < -0.3 is 9.30 Å². The van der Waals surface area contributed by atoms with E-state index in [-0.39, 0.29) is 16.3 Å². The molecular formula is C14H15N3O2S. The molecule has 0 radical (unpaired) electrons. The summed E-state index contributed by atoms with van der Waals surface area (Å²) in [5.41, 5.74) is 1.87. The van der Waals surface area contributed by atoms with Gasteiger partial charge in [-0.1, -0.05) is 17.8 Å². The van der Waals surface area contributed by atoms with Gasteiger partial charge in [-0.05, 0) is 12.1 Å². The molecule has 0 aromatic carbocycles. The molecule has 3 heterocycles. The van der Waals surface area contributed by atoms with E-state index in [2.05, 4.69) is 4.98 Å². The Bertz CT molecular complexity index is 667. The van der Waals surface area contributed by atoms with Crippen molar-refractivity contribution in [1.29, 1.82) is 0 Å². The summed E-state index contributed by atoms with van der Waals surface area (Å²) in [7, 11) is 0. The van der Waals surface area contributed by atoms with Crippen molar-refractivity contribution in [3.05, 3.63) is 36.3 Å². The van der Waals surface area contributed by atoms with E-state index in [1.807, 2.05) is 28.8 Å². The predicted octanol–water partition coefficient (Wildman–Crippen LogP) is 1.71. The molecule has 0 bridgehead atoms. The molecule has 0 spiro atoms. The zero-order valence-electron chi connectivity index (χ0n) is 11.2. The van der Waals surface area contributed by atoms with Crippen LogP contribution in [0.5, 0.6) is 0 Å². The van der Waals surface area contributed by atoms with Crippen LogP contribution < -0.4 is 0 Å². The Kier molecular flexibility index (Phi) is 3.48. The Balaban J connectivity index is 1.75. The Morgan fingerprint density at radius 2 is 2.35 bits per heavy atom. The normalized spacial score (nSPS) is 18.9. The van der Waals surface area contributed by atoms with Gasteiger partial charge in [0, 0.05) is 31.3 Å². The molecule has 1 aliphatic heterocycles. The number of aromatic nitrogens is 2. The van der Waals surface area contributed by atoms with Crippen LogP contribution in [-0.2, 0) is 16.1 Å². The summed E-state index contributed by atoms with van der Waals surface area (Å²) in [6.45, 7) is 2.71. The number of hydrogen-bond donors (Lipinski definition) is 0. The highest BCUT2D eigenvalue weighted by Crippen LogP contribution is 2.25. The SMILES string of the molecule is CC(=O)SC1CC(=O)N(Cc2cnc3ccccn23)C1. The molecule has 20 heavy (non-hydrogen) atoms. The van der Waals surface area contributed by atoms with E-state index in [0.29, 0.717) is 19.5 Å². The Morgan fingerprint density at radius 3 is 3.15 bits per heavy atom. The number of amides is 1. The number of rotatable bonds is 3. The molecule has 1 saturated heterocycles. The maximum absolute atomic E-state index is 12.0. The van der Waals surface area contributed by atoms with E-state index >= 15 is 0 Å². The van der Waals surface area contributed by atoms with Gasteiger partial charge >= 0.3 is 0 Å². The van der Waals surface area contributed by atoms with Crippen molar-refractivity contribution >= 4 is 28.4 Å². The first-order valence-corrected chi connectivity index (χ1v) is 7.37. The minimum atomic E-state index is 0.0689. The average molecular weight is 289 g/mol. The number of fused-ring (bicyclic) bond motifs is 1. The van der Waals surface area contributed by atoms with Gasteiger partial charge in [-0.3, -0.25) is 9.59 Å². The summed E-state index contributed by atoms with van der Waals surface area (Å²) in [5, 5.41) is 0.152. The zero-order valence-corrected chi connectivity index (χ0v) is 12.0. The first kappa shape index (κ1) is 13.2. The second-order valence-electron chi connectivity index (χ2n) is 4.89. The lowest BCUT2D eigenvalue weighted by Crippen LogP contribution is -2.25. The van der Waals surface area contributed by atoms with Crippen LogP contribution in [-0.4, -0.2) is 37.1 Å². The van der Waals surface area contributed by atoms with E-state index in [9.17, 15) is 9.59 Å². The quantitative estimate of drug-likeness (QED) is 0.863. The van der Waals surface area contributed by atoms with Crippen molar-refractivity contribution in [3.63, 3.8) is 0 Å². The van der Waals surface area contributed by atoms with Crippen molar-refractivity contribution < 1.29 is 9.59 Å². The largest absolute Gasteiger partial charge is 0.336 e. The number of hydrogen-bond acceptors (Lipinski definition) is 4. The third-order valence-corrected chi connectivity index (χ3v) is 4.34. The van der Waals surface area contributed by atoms with Crippen LogP contribution in [0, 0.1) is 0 Å². The minimum Gasteiger partial charge on any atom is -0.336 e. The first-order chi connectivity index (χ1) is 9.63. The number of carbonyl (C=O) groups is 2. The lowest BCUT2D eigenvalue weighted by molar-refractivity contribution is -0.128. The standard InChI is InChI=1S/C14H15N3O2S/c1-10(18)20-12-6-14(19)16(9-12)8-11-7-15-13-4-2-3-5-17(11)13/h2-5,7,12H,6,8-9H2,1H3. The summed E-state index contributed by atoms with van der Waals surface area (Å²) in [4.78, 5) is 29.2. The number of thioether (sulfide) groups is 1. The second-order valence-corrected chi connectivity index (χ2v) is 6.37. The average Bonchev–Trinajstić information content (AvgIpc) is 2.95. The van der Waals surface area contributed by atoms with E-state index in [1.165, 1.54) is 11.8 Å². The summed E-state index contributed by atoms with van der Waals surface area (Å²) >= 11 is 1.26. The predicted molar refractivity (Wildman–Crippen MR) is 77.3 cm³/mol. The molecule has 3 rings (SSSR count). The highest BCUT2D eigenvalue weighted by molar-refractivity contribution is 8.14. The van der Waals surface area contributed by atoms with E-state index in [0.717, 1.165) is 11.3 Å². The smallest absolute Gasteiger partial charge is 0.224 e. The summed E-state index contributed by atoms with van der Waals surface area (Å²) in [6, 6.07) is 5.81. The van der Waals surface area contributed by atoms with Gasteiger partial charge in [-0.15, -0.1) is 0 Å². The van der Waals surface area contributed by atoms with Crippen LogP contribution >= 0.6 is 11.8 Å². The van der Waals surface area contributed by atoms with Crippen LogP contribution in [0.1, 0.15) is 19.0 Å². The van der Waals surface area contributed by atoms with E-state index in [1.54, 1.807) is 18.0 Å². The van der Waals surface area contributed by atoms with E-state index in [4.69, 9.17) is 0 Å². The van der Waals surface area contributed by atoms with Crippen LogP contribution in [0.4, 0.5) is 0 Å². The van der Waals surface area contributed by atoms with Gasteiger partial charge in [0.2, 0.25) is 5.91 Å². The summed E-state index contributed by atoms with van der Waals surface area (Å²) < 4.78 is 1.98. The molecule has 6 heteroatoms. The molecule has 0 N–H and O–H groups in total. The minimum absolute atomic E-state index is 0.0689. The number of carbonyl (C=O) groups excluding carboxylic acids is 2. The Labute approximate surface area is 121 Å². The number of imidazole rings is 1. The fraction of sp³-hybridized carbons (Fsp3) is 0.357. The molecule has 0 saturated carbocycles. The lowest BCUT2D eigenvalue weighted by atomic mass is 10.4. The third kappa shape index (κ3) is 2.56. The summed E-state index contributed by atoms with van der Waals surface area (Å²) in [5.74, 6) is 0.106. The second kappa shape index (κ2) is 5.28. The van der Waals surface area contributed by atoms with E-state index < -0.39 is 0 Å². The van der Waals surface area contributed by atoms with Crippen molar-refractivity contribution in [3.8, 4) is 0 Å². The lowest BCUT2D eigenvalue weighted by Gasteiger charge is -2.15. The van der Waals surface area contributed by atoms with Crippen LogP contribution in [0.15, 0.2) is 30.6 Å². The molecule has 5 nitrogen and oxygen atoms in total. The number of pyridine rings is 1. The highest BCUT2D eigenvalue weighted by atomic mass is 32.2. The van der Waals surface area contributed by atoms with Crippen LogP contribution in [0.25, 0.3) is 5.65 Å². The van der Waals surface area contributed by atoms with Gasteiger partial charge in [-0.25, -0.2) is 4.98 Å². The van der Waals surface area contributed by atoms with Crippen LogP contribution in [0.2, 0.25) is 0 Å². The molecule has 104 valence electrons. The van der Waals surface area contributed by atoms with Crippen molar-refractivity contribution in [2.75, 3.05) is 6.54 Å². The molecule has 1 aliphatic rings. The van der Waals surface area contributed by atoms with Gasteiger partial charge in [0.05, 0.1) is 18.4 Å². The summed E-state index contributed by atoms with van der Waals surface area (Å²) in [6.07, 6.45) is 4.19. The van der Waals surface area contributed by atoms with Gasteiger partial charge in [0.25, 0.3) is 0 Å². The zero-order chi connectivity index (χ0) is 14.1. The Hall–Kier alpha value is -1.82. The number of likely N-dealkylation sites (tertiary alicyclic amines) is 1. The molecule has 1 amide bonds. The molecule has 1 atom stereocenters. The fourth-order valence-corrected chi connectivity index (χ4v) is 3.45. The van der Waals surface area contributed by atoms with Gasteiger partial charge in [0.1, 0.15) is 5.65 Å². The van der Waals surface area contributed by atoms with Crippen molar-refractivity contribution in [1.82, 2.24) is 14.3 Å². The fourth-order valence-electron chi connectivity index (χ4n) is 2.50. The molecular weight excluding hydrogens is 274 g/mol. The van der Waals surface area contributed by atoms with Crippen LogP contribution in [0.3, 0.4) is 0 Å². The third-order valence-electron chi connectivity index (χ3n) is 3.36. The Morgan fingerprint density at radius 1 is 1.50 bits per heavy atom. The molecule has 0 aliphatic carbocycles. The van der Waals surface area contributed by atoms with Gasteiger partial charge in [-0.2, -0.15) is 0 Å². The first-order valence-electron chi connectivity index (χ1n) is 6.49. The molecule has 1 fully saturated rings. The molecule has 2 aromatic heterocycles. The van der Waals surface area contributed by atoms with Crippen molar-refractivity contribution in [2.24, 2.45) is 0 Å². The molecule has 1 unspecified atom stereocenters. The highest BCUT2D eigenvalue weighted by Gasteiger charge is 2.31.